The zero-order valence-corrected chi connectivity index (χ0v) is 19.9. The van der Waals surface area contributed by atoms with Crippen LogP contribution in [0.1, 0.15) is 4.88 Å². The standard InChI is InChI=1S/C21H21N5O3S3/c1-28-14-5-6-16(18(10-14)29-2)17-11-31-20(23-17)24-19(27)12-32-21-25-22-13-26(21)8-7-15-4-3-9-30-15/h3-6,9-11,13H,7-8,12H2,1-2H3,(H,23,24,27). The number of hydrogen-bond donors (Lipinski definition) is 1. The van der Waals surface area contributed by atoms with Crippen LogP contribution in [0.2, 0.25) is 0 Å². The lowest BCUT2D eigenvalue weighted by Crippen LogP contribution is -2.14. The Morgan fingerprint density at radius 3 is 2.91 bits per heavy atom. The largest absolute Gasteiger partial charge is 0.497 e. The number of aryl methyl sites for hydroxylation is 2. The van der Waals surface area contributed by atoms with E-state index < -0.39 is 0 Å². The molecule has 0 atom stereocenters. The van der Waals surface area contributed by atoms with Crippen LogP contribution in [0.3, 0.4) is 0 Å². The Bertz CT molecular complexity index is 1170. The van der Waals surface area contributed by atoms with Gasteiger partial charge < -0.3 is 19.4 Å². The summed E-state index contributed by atoms with van der Waals surface area (Å²) in [5.41, 5.74) is 1.56. The van der Waals surface area contributed by atoms with Gasteiger partial charge >= 0.3 is 0 Å². The predicted octanol–water partition coefficient (Wildman–Crippen LogP) is 4.45. The van der Waals surface area contributed by atoms with Crippen molar-refractivity contribution in [3.8, 4) is 22.8 Å². The molecule has 166 valence electrons. The van der Waals surface area contributed by atoms with E-state index in [1.807, 2.05) is 28.1 Å². The van der Waals surface area contributed by atoms with Crippen LogP contribution in [-0.2, 0) is 17.8 Å². The van der Waals surface area contributed by atoms with Crippen molar-refractivity contribution >= 4 is 45.5 Å². The molecule has 11 heteroatoms. The Hall–Kier alpha value is -2.89. The van der Waals surface area contributed by atoms with Gasteiger partial charge in [-0.05, 0) is 30.0 Å². The molecule has 4 rings (SSSR count). The van der Waals surface area contributed by atoms with Crippen molar-refractivity contribution in [2.24, 2.45) is 0 Å². The molecular formula is C21H21N5O3S3. The van der Waals surface area contributed by atoms with Crippen LogP contribution in [0.25, 0.3) is 11.3 Å². The van der Waals surface area contributed by atoms with Crippen molar-refractivity contribution in [3.05, 3.63) is 52.3 Å². The van der Waals surface area contributed by atoms with Crippen LogP contribution >= 0.6 is 34.4 Å². The van der Waals surface area contributed by atoms with E-state index in [2.05, 4.69) is 31.9 Å². The molecule has 3 aromatic heterocycles. The summed E-state index contributed by atoms with van der Waals surface area (Å²) in [7, 11) is 3.21. The van der Waals surface area contributed by atoms with Crippen molar-refractivity contribution in [2.75, 3.05) is 25.3 Å². The van der Waals surface area contributed by atoms with E-state index in [1.54, 1.807) is 38.0 Å². The van der Waals surface area contributed by atoms with E-state index >= 15 is 0 Å². The van der Waals surface area contributed by atoms with Crippen LogP contribution in [-0.4, -0.2) is 45.6 Å². The zero-order chi connectivity index (χ0) is 22.3. The topological polar surface area (TPSA) is 91.2 Å². The van der Waals surface area contributed by atoms with Gasteiger partial charge in [0.25, 0.3) is 0 Å². The maximum atomic E-state index is 12.5. The highest BCUT2D eigenvalue weighted by atomic mass is 32.2. The molecular weight excluding hydrogens is 466 g/mol. The van der Waals surface area contributed by atoms with Crippen LogP contribution < -0.4 is 14.8 Å². The number of thiophene rings is 1. The van der Waals surface area contributed by atoms with Gasteiger partial charge in [0, 0.05) is 28.4 Å². The van der Waals surface area contributed by atoms with Gasteiger partial charge in [-0.15, -0.1) is 32.9 Å². The van der Waals surface area contributed by atoms with Crippen LogP contribution in [0.4, 0.5) is 5.13 Å². The fraction of sp³-hybridized carbons (Fsp3) is 0.238. The first kappa shape index (κ1) is 22.3. The second-order valence-corrected chi connectivity index (χ2v) is 9.41. The van der Waals surface area contributed by atoms with Crippen LogP contribution in [0.15, 0.2) is 52.6 Å². The lowest BCUT2D eigenvalue weighted by Gasteiger charge is -2.08. The molecule has 0 radical (unpaired) electrons. The highest BCUT2D eigenvalue weighted by Crippen LogP contribution is 2.34. The minimum absolute atomic E-state index is 0.148. The van der Waals surface area contributed by atoms with Gasteiger partial charge in [-0.2, -0.15) is 0 Å². The summed E-state index contributed by atoms with van der Waals surface area (Å²) in [5.74, 6) is 1.43. The average molecular weight is 488 g/mol. The Kier molecular flexibility index (Phi) is 7.40. The third-order valence-corrected chi connectivity index (χ3v) is 7.20. The monoisotopic (exact) mass is 487 g/mol. The maximum absolute atomic E-state index is 12.5. The van der Waals surface area contributed by atoms with Gasteiger partial charge in [0.1, 0.15) is 17.8 Å². The Morgan fingerprint density at radius 1 is 1.22 bits per heavy atom. The Balaban J connectivity index is 1.33. The van der Waals surface area contributed by atoms with Gasteiger partial charge in [-0.1, -0.05) is 17.8 Å². The molecule has 0 aliphatic rings. The number of methoxy groups -OCH3 is 2. The number of nitrogens with zero attached hydrogens (tertiary/aromatic N) is 4. The number of hydrogen-bond acceptors (Lipinski definition) is 9. The number of anilines is 1. The fourth-order valence-electron chi connectivity index (χ4n) is 2.95. The summed E-state index contributed by atoms with van der Waals surface area (Å²) in [5, 5.41) is 16.2. The van der Waals surface area contributed by atoms with Gasteiger partial charge in [-0.3, -0.25) is 4.79 Å². The maximum Gasteiger partial charge on any atom is 0.236 e. The minimum atomic E-state index is -0.148. The lowest BCUT2D eigenvalue weighted by molar-refractivity contribution is -0.113. The molecule has 0 aliphatic carbocycles. The number of ether oxygens (including phenoxy) is 2. The zero-order valence-electron chi connectivity index (χ0n) is 17.5. The molecule has 0 saturated carbocycles. The van der Waals surface area contributed by atoms with Crippen molar-refractivity contribution < 1.29 is 14.3 Å². The molecule has 0 unspecified atom stereocenters. The summed E-state index contributed by atoms with van der Waals surface area (Å²) in [4.78, 5) is 18.3. The van der Waals surface area contributed by atoms with E-state index in [1.165, 1.54) is 28.0 Å². The number of carbonyl (C=O) groups is 1. The van der Waals surface area contributed by atoms with Gasteiger partial charge in [0.15, 0.2) is 10.3 Å². The van der Waals surface area contributed by atoms with Crippen molar-refractivity contribution in [2.45, 2.75) is 18.1 Å². The van der Waals surface area contributed by atoms with Gasteiger partial charge in [0.05, 0.1) is 25.7 Å². The van der Waals surface area contributed by atoms with E-state index in [9.17, 15) is 4.79 Å². The highest BCUT2D eigenvalue weighted by molar-refractivity contribution is 7.99. The summed E-state index contributed by atoms with van der Waals surface area (Å²) >= 11 is 4.45. The fourth-order valence-corrected chi connectivity index (χ4v) is 5.11. The molecule has 3 heterocycles. The number of aromatic nitrogens is 4. The van der Waals surface area contributed by atoms with Gasteiger partial charge in [-0.25, -0.2) is 4.98 Å². The number of thioether (sulfide) groups is 1. The number of nitrogens with one attached hydrogen (secondary N) is 1. The van der Waals surface area contributed by atoms with Crippen LogP contribution in [0.5, 0.6) is 11.5 Å². The first-order valence-electron chi connectivity index (χ1n) is 9.67. The first-order valence-corrected chi connectivity index (χ1v) is 12.4. The van der Waals surface area contributed by atoms with Crippen molar-refractivity contribution in [1.82, 2.24) is 19.7 Å². The number of rotatable bonds is 10. The summed E-state index contributed by atoms with van der Waals surface area (Å²) in [6, 6.07) is 9.69. The number of carbonyl (C=O) groups excluding carboxylic acids is 1. The Labute approximate surface area is 197 Å². The van der Waals surface area contributed by atoms with Crippen molar-refractivity contribution in [3.63, 3.8) is 0 Å². The lowest BCUT2D eigenvalue weighted by atomic mass is 10.1. The SMILES string of the molecule is COc1ccc(-c2csc(NC(=O)CSc3nncn3CCc3cccs3)n2)c(OC)c1. The predicted molar refractivity (Wildman–Crippen MR) is 128 cm³/mol. The number of benzene rings is 1. The highest BCUT2D eigenvalue weighted by Gasteiger charge is 2.14. The third kappa shape index (κ3) is 5.47. The Morgan fingerprint density at radius 2 is 2.12 bits per heavy atom. The summed E-state index contributed by atoms with van der Waals surface area (Å²) in [6.45, 7) is 0.775. The molecule has 0 fully saturated rings. The van der Waals surface area contributed by atoms with E-state index in [0.29, 0.717) is 16.6 Å². The van der Waals surface area contributed by atoms with E-state index in [-0.39, 0.29) is 11.7 Å². The smallest absolute Gasteiger partial charge is 0.236 e. The number of thiazole rings is 1. The van der Waals surface area contributed by atoms with E-state index in [0.717, 1.165) is 29.4 Å². The molecule has 0 spiro atoms. The second-order valence-electron chi connectivity index (χ2n) is 6.58. The first-order chi connectivity index (χ1) is 15.7. The second kappa shape index (κ2) is 10.6. The average Bonchev–Trinajstić information content (AvgIpc) is 3.58. The number of amides is 1. The van der Waals surface area contributed by atoms with Gasteiger partial charge in [0.2, 0.25) is 5.91 Å². The minimum Gasteiger partial charge on any atom is -0.497 e. The van der Waals surface area contributed by atoms with Crippen molar-refractivity contribution in [1.29, 1.82) is 0 Å². The summed E-state index contributed by atoms with van der Waals surface area (Å²) < 4.78 is 12.7. The molecule has 0 saturated heterocycles. The van der Waals surface area contributed by atoms with Crippen LogP contribution in [0, 0.1) is 0 Å². The third-order valence-electron chi connectivity index (χ3n) is 4.53. The molecule has 0 bridgehead atoms. The summed E-state index contributed by atoms with van der Waals surface area (Å²) in [6.07, 6.45) is 2.61. The molecule has 1 amide bonds. The molecule has 32 heavy (non-hydrogen) atoms. The molecule has 1 N–H and O–H groups in total. The van der Waals surface area contributed by atoms with E-state index in [4.69, 9.17) is 9.47 Å². The molecule has 1 aromatic carbocycles. The quantitative estimate of drug-likeness (QED) is 0.330. The molecule has 0 aliphatic heterocycles. The normalized spacial score (nSPS) is 10.8. The molecule has 8 nitrogen and oxygen atoms in total. The molecule has 4 aromatic rings.